The highest BCUT2D eigenvalue weighted by atomic mass is 15.0. The van der Waals surface area contributed by atoms with Gasteiger partial charge in [-0.05, 0) is 131 Å². The summed E-state index contributed by atoms with van der Waals surface area (Å²) in [7, 11) is 0. The van der Waals surface area contributed by atoms with E-state index in [2.05, 4.69) is 273 Å². The van der Waals surface area contributed by atoms with Crippen molar-refractivity contribution in [2.45, 2.75) is 13.0 Å². The minimum absolute atomic E-state index is 0.639. The molecule has 1 aliphatic rings. The highest BCUT2D eigenvalue weighted by molar-refractivity contribution is 6.13. The number of fused-ring (bicyclic) bond motifs is 12. The highest BCUT2D eigenvalue weighted by Gasteiger charge is 2.20. The average Bonchev–Trinajstić information content (AvgIpc) is 4.14. The molecule has 0 spiro atoms. The largest absolute Gasteiger partial charge is 0.336 e. The van der Waals surface area contributed by atoms with Crippen LogP contribution in [0.25, 0.3) is 128 Å². The summed E-state index contributed by atoms with van der Waals surface area (Å²) in [6, 6.07) is 83.6. The first-order chi connectivity index (χ1) is 36.7. The van der Waals surface area contributed by atoms with E-state index in [1.54, 1.807) is 0 Å². The second kappa shape index (κ2) is 16.6. The van der Waals surface area contributed by atoms with Crippen LogP contribution >= 0.6 is 0 Å². The van der Waals surface area contributed by atoms with Crippen LogP contribution in [0, 0.1) is 11.3 Å². The van der Waals surface area contributed by atoms with E-state index in [1.807, 2.05) is 0 Å². The van der Waals surface area contributed by atoms with Crippen molar-refractivity contribution in [2.24, 2.45) is 0 Å². The van der Waals surface area contributed by atoms with E-state index >= 15 is 0 Å². The van der Waals surface area contributed by atoms with E-state index < -0.39 is 0 Å². The van der Waals surface area contributed by atoms with Crippen LogP contribution in [0.3, 0.4) is 0 Å². The summed E-state index contributed by atoms with van der Waals surface area (Å²) in [5, 5.41) is 19.4. The fourth-order valence-corrected chi connectivity index (χ4v) is 12.2. The molecule has 0 fully saturated rings. The van der Waals surface area contributed by atoms with Crippen molar-refractivity contribution in [1.29, 1.82) is 5.26 Å². The molecule has 4 aromatic heterocycles. The van der Waals surface area contributed by atoms with Crippen LogP contribution in [-0.2, 0) is 6.54 Å². The highest BCUT2D eigenvalue weighted by Crippen LogP contribution is 2.40. The Morgan fingerprint density at radius 3 is 1.57 bits per heavy atom. The van der Waals surface area contributed by atoms with E-state index in [0.29, 0.717) is 12.1 Å². The monoisotopic (exact) mass is 943 g/mol. The molecule has 15 rings (SSSR count). The van der Waals surface area contributed by atoms with Gasteiger partial charge >= 0.3 is 0 Å². The topological polar surface area (TPSA) is 43.5 Å². The summed E-state index contributed by atoms with van der Waals surface area (Å²) >= 11 is 0. The maximum Gasteiger partial charge on any atom is 0.0998 e. The molecule has 74 heavy (non-hydrogen) atoms. The van der Waals surface area contributed by atoms with Crippen molar-refractivity contribution >= 4 is 88.5 Å². The second-order valence-corrected chi connectivity index (χ2v) is 19.5. The van der Waals surface area contributed by atoms with Gasteiger partial charge in [-0.1, -0.05) is 152 Å². The standard InChI is InChI=1S/C69H45N5/c70-43-49-39-47(46-17-14-16-45(38-46)44-71-62-26-9-4-24-58(62)60-41-51(33-36-63(60)71)73-64-27-3-1-2-20-54(64)55-21-5-10-28-65(55)73)32-35-53(49)48-18-15-19-50(40-48)72-68-31-13-8-25-59(68)61-42-52(34-37-69(61)72)74-66-29-11-6-22-56(66)57-23-7-12-30-67(57)74/h2-42H,1,44H2. The fraction of sp³-hybridized carbons (Fsp3) is 0.0290. The van der Waals surface area contributed by atoms with Gasteiger partial charge in [0.1, 0.15) is 0 Å². The van der Waals surface area contributed by atoms with Crippen LogP contribution in [0.4, 0.5) is 0 Å². The third-order valence-electron chi connectivity index (χ3n) is 15.4. The summed E-state index contributed by atoms with van der Waals surface area (Å²) in [4.78, 5) is 0. The van der Waals surface area contributed by atoms with Gasteiger partial charge in [-0.25, -0.2) is 0 Å². The number of rotatable bonds is 7. The molecule has 4 heterocycles. The molecular formula is C69H45N5. The summed E-state index contributed by atoms with van der Waals surface area (Å²) < 4.78 is 9.61. The van der Waals surface area contributed by atoms with Gasteiger partial charge in [-0.2, -0.15) is 5.26 Å². The van der Waals surface area contributed by atoms with Crippen molar-refractivity contribution in [3.8, 4) is 45.4 Å². The average molecular weight is 944 g/mol. The zero-order chi connectivity index (χ0) is 48.9. The Morgan fingerprint density at radius 1 is 0.365 bits per heavy atom. The number of hydrogen-bond acceptors (Lipinski definition) is 1. The number of nitrogens with zero attached hydrogens (tertiary/aromatic N) is 5. The molecule has 346 valence electrons. The molecule has 0 bridgehead atoms. The lowest BCUT2D eigenvalue weighted by Gasteiger charge is -2.13. The van der Waals surface area contributed by atoms with Crippen molar-refractivity contribution in [3.05, 3.63) is 259 Å². The predicted molar refractivity (Wildman–Crippen MR) is 309 cm³/mol. The van der Waals surface area contributed by atoms with Crippen molar-refractivity contribution < 1.29 is 0 Å². The number of benzene rings is 10. The Labute approximate surface area is 427 Å². The first-order valence-electron chi connectivity index (χ1n) is 25.4. The van der Waals surface area contributed by atoms with E-state index in [-0.39, 0.29) is 0 Å². The molecular weight excluding hydrogens is 899 g/mol. The molecule has 0 unspecified atom stereocenters. The van der Waals surface area contributed by atoms with Crippen molar-refractivity contribution in [1.82, 2.24) is 18.3 Å². The van der Waals surface area contributed by atoms with Crippen LogP contribution in [0.2, 0.25) is 0 Å². The van der Waals surface area contributed by atoms with E-state index in [0.717, 1.165) is 56.8 Å². The maximum atomic E-state index is 10.8. The second-order valence-electron chi connectivity index (χ2n) is 19.5. The van der Waals surface area contributed by atoms with Crippen LogP contribution in [0.1, 0.15) is 28.8 Å². The van der Waals surface area contributed by atoms with Crippen molar-refractivity contribution in [2.75, 3.05) is 0 Å². The van der Waals surface area contributed by atoms with Gasteiger partial charge in [-0.15, -0.1) is 0 Å². The van der Waals surface area contributed by atoms with Gasteiger partial charge in [0.05, 0.1) is 44.9 Å². The maximum absolute atomic E-state index is 10.8. The Kier molecular flexibility index (Phi) is 9.39. The number of para-hydroxylation sites is 5. The third kappa shape index (κ3) is 6.42. The Morgan fingerprint density at radius 2 is 0.865 bits per heavy atom. The van der Waals surface area contributed by atoms with Crippen LogP contribution in [-0.4, -0.2) is 18.3 Å². The van der Waals surface area contributed by atoms with E-state index in [1.165, 1.54) is 82.1 Å². The third-order valence-corrected chi connectivity index (χ3v) is 15.4. The SMILES string of the molecule is N#Cc1cc(-c2cccc(Cn3c4ccccc4c4cc(-n5c6c(c7ccccc75)C=CCC=C6)ccc43)c2)ccc1-c1cccc(-n2c3ccccc3c3cc(-n4c5ccccc5c5ccccc54)ccc32)c1. The zero-order valence-corrected chi connectivity index (χ0v) is 40.3. The lowest BCUT2D eigenvalue weighted by molar-refractivity contribution is 0.869. The molecule has 0 saturated heterocycles. The summed E-state index contributed by atoms with van der Waals surface area (Å²) in [5.74, 6) is 0. The molecule has 1 aliphatic carbocycles. The number of nitriles is 1. The van der Waals surface area contributed by atoms with Gasteiger partial charge < -0.3 is 18.3 Å². The first-order valence-corrected chi connectivity index (χ1v) is 25.4. The minimum atomic E-state index is 0.639. The number of aromatic nitrogens is 4. The van der Waals surface area contributed by atoms with Gasteiger partial charge in [0.2, 0.25) is 0 Å². The normalized spacial score (nSPS) is 12.5. The van der Waals surface area contributed by atoms with Crippen LogP contribution in [0.15, 0.2) is 237 Å². The lowest BCUT2D eigenvalue weighted by Crippen LogP contribution is -2.00. The fourth-order valence-electron chi connectivity index (χ4n) is 12.2. The Bertz CT molecular complexity index is 4690. The molecule has 5 heteroatoms. The van der Waals surface area contributed by atoms with Crippen molar-refractivity contribution in [3.63, 3.8) is 0 Å². The molecule has 14 aromatic rings. The number of allylic oxidation sites excluding steroid dienone is 2. The quantitative estimate of drug-likeness (QED) is 0.157. The van der Waals surface area contributed by atoms with Gasteiger partial charge in [-0.3, -0.25) is 0 Å². The zero-order valence-electron chi connectivity index (χ0n) is 40.3. The summed E-state index contributed by atoms with van der Waals surface area (Å²) in [5.41, 5.74) is 19.9. The number of hydrogen-bond donors (Lipinski definition) is 0. The van der Waals surface area contributed by atoms with E-state index in [4.69, 9.17) is 0 Å². The minimum Gasteiger partial charge on any atom is -0.336 e. The van der Waals surface area contributed by atoms with Gasteiger partial charge in [0, 0.05) is 77.9 Å². The van der Waals surface area contributed by atoms with E-state index in [9.17, 15) is 5.26 Å². The van der Waals surface area contributed by atoms with Gasteiger partial charge in [0.15, 0.2) is 0 Å². The Balaban J connectivity index is 0.770. The molecule has 5 nitrogen and oxygen atoms in total. The summed E-state index contributed by atoms with van der Waals surface area (Å²) in [6.07, 6.45) is 9.98. The Hall–Kier alpha value is -9.89. The molecule has 0 radical (unpaired) electrons. The predicted octanol–water partition coefficient (Wildman–Crippen LogP) is 17.6. The molecule has 0 aliphatic heterocycles. The molecule has 0 atom stereocenters. The molecule has 10 aromatic carbocycles. The first kappa shape index (κ1) is 41.9. The molecule has 0 N–H and O–H groups in total. The van der Waals surface area contributed by atoms with Gasteiger partial charge in [0.25, 0.3) is 0 Å². The lowest BCUT2D eigenvalue weighted by atomic mass is 9.94. The van der Waals surface area contributed by atoms with Crippen LogP contribution in [0.5, 0.6) is 0 Å². The molecule has 0 saturated carbocycles. The smallest absolute Gasteiger partial charge is 0.0998 e. The molecule has 0 amide bonds. The summed E-state index contributed by atoms with van der Waals surface area (Å²) in [6.45, 7) is 0.701. The van der Waals surface area contributed by atoms with Crippen LogP contribution < -0.4 is 0 Å².